The van der Waals surface area contributed by atoms with E-state index in [4.69, 9.17) is 4.74 Å². The van der Waals surface area contributed by atoms with E-state index in [1.54, 1.807) is 10.3 Å². The number of amides is 1. The molecule has 1 unspecified atom stereocenters. The van der Waals surface area contributed by atoms with Gasteiger partial charge >= 0.3 is 12.1 Å². The number of ketones is 1. The second kappa shape index (κ2) is 11.8. The highest BCUT2D eigenvalue weighted by molar-refractivity contribution is 7.10. The van der Waals surface area contributed by atoms with Gasteiger partial charge in [0.2, 0.25) is 0 Å². The van der Waals surface area contributed by atoms with Crippen molar-refractivity contribution in [3.63, 3.8) is 0 Å². The lowest BCUT2D eigenvalue weighted by atomic mass is 9.92. The second-order valence-corrected chi connectivity index (χ2v) is 9.74. The lowest BCUT2D eigenvalue weighted by Crippen LogP contribution is -2.39. The Bertz CT molecular complexity index is 1160. The molecular formula is C28H29NO5S. The molecule has 1 aliphatic rings. The zero-order chi connectivity index (χ0) is 24.6. The van der Waals surface area contributed by atoms with Crippen molar-refractivity contribution >= 4 is 29.2 Å². The first-order valence-corrected chi connectivity index (χ1v) is 12.7. The number of aromatic carboxylic acids is 1. The molecule has 2 heterocycles. The van der Waals surface area contributed by atoms with E-state index in [-0.39, 0.29) is 36.4 Å². The van der Waals surface area contributed by atoms with Crippen molar-refractivity contribution in [1.82, 2.24) is 4.90 Å². The van der Waals surface area contributed by atoms with Crippen LogP contribution in [-0.4, -0.2) is 40.9 Å². The molecule has 0 radical (unpaired) electrons. The van der Waals surface area contributed by atoms with Gasteiger partial charge in [0.25, 0.3) is 0 Å². The fourth-order valence-corrected chi connectivity index (χ4v) is 5.67. The first-order chi connectivity index (χ1) is 17.0. The molecule has 1 amide bonds. The summed E-state index contributed by atoms with van der Waals surface area (Å²) in [5.41, 5.74) is 2.81. The number of benzene rings is 2. The van der Waals surface area contributed by atoms with Gasteiger partial charge in [-0.05, 0) is 41.3 Å². The predicted octanol–water partition coefficient (Wildman–Crippen LogP) is 5.71. The maximum absolute atomic E-state index is 12.7. The summed E-state index contributed by atoms with van der Waals surface area (Å²) in [7, 11) is 0. The summed E-state index contributed by atoms with van der Waals surface area (Å²) < 4.78 is 5.48. The van der Waals surface area contributed by atoms with Crippen LogP contribution in [0.15, 0.2) is 66.0 Å². The Morgan fingerprint density at radius 3 is 2.37 bits per heavy atom. The molecule has 0 aliphatic carbocycles. The number of nitrogens with zero attached hydrogens (tertiary/aromatic N) is 1. The van der Waals surface area contributed by atoms with Crippen molar-refractivity contribution < 1.29 is 24.2 Å². The van der Waals surface area contributed by atoms with E-state index < -0.39 is 5.97 Å². The van der Waals surface area contributed by atoms with Crippen LogP contribution in [0.4, 0.5) is 4.79 Å². The Morgan fingerprint density at radius 2 is 1.69 bits per heavy atom. The third kappa shape index (κ3) is 6.57. The van der Waals surface area contributed by atoms with E-state index in [0.29, 0.717) is 31.5 Å². The molecule has 2 aromatic carbocycles. The second-order valence-electron chi connectivity index (χ2n) is 8.83. The van der Waals surface area contributed by atoms with Gasteiger partial charge < -0.3 is 14.7 Å². The fraction of sp³-hybridized carbons (Fsp3) is 0.321. The summed E-state index contributed by atoms with van der Waals surface area (Å²) in [5.74, 6) is -1.08. The quantitative estimate of drug-likeness (QED) is 0.415. The number of carbonyl (C=O) groups excluding carboxylic acids is 2. The number of thiophene rings is 1. The van der Waals surface area contributed by atoms with Crippen LogP contribution < -0.4 is 0 Å². The average molecular weight is 492 g/mol. The third-order valence-corrected chi connectivity index (χ3v) is 7.48. The van der Waals surface area contributed by atoms with Gasteiger partial charge in [0.05, 0.1) is 5.56 Å². The van der Waals surface area contributed by atoms with E-state index in [1.807, 2.05) is 60.7 Å². The smallest absolute Gasteiger partial charge is 0.410 e. The van der Waals surface area contributed by atoms with Crippen molar-refractivity contribution in [3.05, 3.63) is 93.2 Å². The number of rotatable bonds is 9. The molecule has 1 atom stereocenters. The Kier molecular flexibility index (Phi) is 8.32. The van der Waals surface area contributed by atoms with Crippen LogP contribution in [-0.2, 0) is 29.0 Å². The van der Waals surface area contributed by atoms with Crippen molar-refractivity contribution in [1.29, 1.82) is 0 Å². The summed E-state index contributed by atoms with van der Waals surface area (Å²) in [4.78, 5) is 39.8. The minimum Gasteiger partial charge on any atom is -0.478 e. The molecule has 7 heteroatoms. The molecule has 0 bridgehead atoms. The Balaban J connectivity index is 1.39. The number of piperidine rings is 1. The molecule has 0 saturated carbocycles. The molecule has 1 N–H and O–H groups in total. The monoisotopic (exact) mass is 491 g/mol. The highest BCUT2D eigenvalue weighted by Crippen LogP contribution is 2.36. The molecule has 35 heavy (non-hydrogen) atoms. The van der Waals surface area contributed by atoms with Gasteiger partial charge in [-0.3, -0.25) is 4.79 Å². The maximum Gasteiger partial charge on any atom is 0.410 e. The number of carboxylic acid groups (broad SMARTS) is 1. The van der Waals surface area contributed by atoms with Gasteiger partial charge in [0.15, 0.2) is 0 Å². The van der Waals surface area contributed by atoms with Crippen LogP contribution >= 0.6 is 11.3 Å². The van der Waals surface area contributed by atoms with Crippen LogP contribution in [0.3, 0.4) is 0 Å². The van der Waals surface area contributed by atoms with Gasteiger partial charge in [-0.25, -0.2) is 9.59 Å². The molecular weight excluding hydrogens is 462 g/mol. The van der Waals surface area contributed by atoms with Gasteiger partial charge in [0.1, 0.15) is 12.4 Å². The summed E-state index contributed by atoms with van der Waals surface area (Å²) in [6, 6.07) is 19.3. The minimum absolute atomic E-state index is 0.0236. The lowest BCUT2D eigenvalue weighted by Gasteiger charge is -2.32. The molecule has 3 aromatic rings. The summed E-state index contributed by atoms with van der Waals surface area (Å²) >= 11 is 1.38. The first-order valence-electron chi connectivity index (χ1n) is 11.9. The van der Waals surface area contributed by atoms with Crippen LogP contribution in [0.2, 0.25) is 0 Å². The molecule has 1 aromatic heterocycles. The van der Waals surface area contributed by atoms with Crippen molar-refractivity contribution in [2.24, 2.45) is 0 Å². The average Bonchev–Trinajstić information content (AvgIpc) is 3.31. The van der Waals surface area contributed by atoms with E-state index in [0.717, 1.165) is 28.8 Å². The first kappa shape index (κ1) is 24.7. The minimum atomic E-state index is -1.02. The fourth-order valence-electron chi connectivity index (χ4n) is 4.48. The van der Waals surface area contributed by atoms with Crippen molar-refractivity contribution in [3.8, 4) is 0 Å². The zero-order valence-corrected chi connectivity index (χ0v) is 20.3. The van der Waals surface area contributed by atoms with Crippen molar-refractivity contribution in [2.45, 2.75) is 44.6 Å². The number of carboxylic acids is 1. The van der Waals surface area contributed by atoms with E-state index in [1.165, 1.54) is 11.3 Å². The van der Waals surface area contributed by atoms with Crippen LogP contribution in [0.1, 0.15) is 57.1 Å². The van der Waals surface area contributed by atoms with Crippen molar-refractivity contribution in [2.75, 3.05) is 13.1 Å². The zero-order valence-electron chi connectivity index (χ0n) is 19.5. The number of Topliss-reactive ketones (excluding diaryl/α,β-unsaturated/α-hetero) is 1. The SMILES string of the molecule is O=C(CCc1ccccc1)Cc1csc(C2CCCN(C(=O)OCc3ccccc3)C2)c1C(=O)O. The van der Waals surface area contributed by atoms with Gasteiger partial charge in [0, 0.05) is 36.7 Å². The number of carbonyl (C=O) groups is 3. The third-order valence-electron chi connectivity index (χ3n) is 6.29. The number of aryl methyl sites for hydroxylation is 1. The maximum atomic E-state index is 12.7. The molecule has 182 valence electrons. The standard InChI is InChI=1S/C28H29NO5S/c30-24(14-13-20-8-3-1-4-9-20)16-23-19-35-26(25(23)27(31)32)22-12-7-15-29(17-22)28(33)34-18-21-10-5-2-6-11-21/h1-6,8-11,19,22H,7,12-18H2,(H,31,32). The molecule has 0 spiro atoms. The van der Waals surface area contributed by atoms with Gasteiger partial charge in [-0.2, -0.15) is 0 Å². The lowest BCUT2D eigenvalue weighted by molar-refractivity contribution is -0.118. The molecule has 4 rings (SSSR count). The number of hydrogen-bond donors (Lipinski definition) is 1. The summed E-state index contributed by atoms with van der Waals surface area (Å²) in [5, 5.41) is 11.8. The number of likely N-dealkylation sites (tertiary alicyclic amines) is 1. The largest absolute Gasteiger partial charge is 0.478 e. The molecule has 6 nitrogen and oxygen atoms in total. The summed E-state index contributed by atoms with van der Waals surface area (Å²) in [6.45, 7) is 1.20. The number of ether oxygens (including phenoxy) is 1. The Labute approximate surface area is 209 Å². The van der Waals surface area contributed by atoms with Crippen LogP contribution in [0.25, 0.3) is 0 Å². The molecule has 1 fully saturated rings. The van der Waals surface area contributed by atoms with E-state index in [9.17, 15) is 19.5 Å². The topological polar surface area (TPSA) is 83.9 Å². The predicted molar refractivity (Wildman–Crippen MR) is 135 cm³/mol. The van der Waals surface area contributed by atoms with E-state index >= 15 is 0 Å². The summed E-state index contributed by atoms with van der Waals surface area (Å²) in [6.07, 6.45) is 2.31. The van der Waals surface area contributed by atoms with Gasteiger partial charge in [-0.15, -0.1) is 11.3 Å². The van der Waals surface area contributed by atoms with E-state index in [2.05, 4.69) is 0 Å². The molecule has 1 saturated heterocycles. The number of hydrogen-bond acceptors (Lipinski definition) is 5. The highest BCUT2D eigenvalue weighted by Gasteiger charge is 2.31. The Hall–Kier alpha value is -3.45. The highest BCUT2D eigenvalue weighted by atomic mass is 32.1. The van der Waals surface area contributed by atoms with Crippen LogP contribution in [0.5, 0.6) is 0 Å². The Morgan fingerprint density at radius 1 is 1.00 bits per heavy atom. The molecule has 1 aliphatic heterocycles. The van der Waals surface area contributed by atoms with Crippen LogP contribution in [0, 0.1) is 0 Å². The normalized spacial score (nSPS) is 15.5. The van der Waals surface area contributed by atoms with Gasteiger partial charge in [-0.1, -0.05) is 60.7 Å².